The molecule has 2 aromatic heterocycles. The highest BCUT2D eigenvalue weighted by Crippen LogP contribution is 2.24. The van der Waals surface area contributed by atoms with E-state index in [4.69, 9.17) is 4.74 Å². The Hall–Kier alpha value is -0.640. The molecule has 2 aromatic rings. The highest BCUT2D eigenvalue weighted by Gasteiger charge is 2.08. The van der Waals surface area contributed by atoms with Gasteiger partial charge in [0.1, 0.15) is 0 Å². The van der Waals surface area contributed by atoms with Crippen LogP contribution in [0.3, 0.4) is 0 Å². The van der Waals surface area contributed by atoms with Crippen LogP contribution in [0.2, 0.25) is 0 Å². The van der Waals surface area contributed by atoms with E-state index in [-0.39, 0.29) is 0 Å². The van der Waals surface area contributed by atoms with Gasteiger partial charge in [-0.2, -0.15) is 0 Å². The van der Waals surface area contributed by atoms with Gasteiger partial charge in [-0.1, -0.05) is 6.42 Å². The first-order valence-corrected chi connectivity index (χ1v) is 9.37. The summed E-state index contributed by atoms with van der Waals surface area (Å²) in [5.74, 6) is 0. The Bertz CT molecular complexity index is 437. The topological polar surface area (TPSA) is 9.23 Å². The maximum Gasteiger partial charge on any atom is 0.0812 e. The van der Waals surface area contributed by atoms with Crippen molar-refractivity contribution in [3.8, 4) is 0 Å². The first kappa shape index (κ1) is 14.3. The van der Waals surface area contributed by atoms with E-state index in [1.165, 1.54) is 55.4 Å². The van der Waals surface area contributed by atoms with Crippen molar-refractivity contribution in [2.75, 3.05) is 6.61 Å². The Labute approximate surface area is 129 Å². The van der Waals surface area contributed by atoms with Crippen molar-refractivity contribution in [1.29, 1.82) is 0 Å². The van der Waals surface area contributed by atoms with Crippen LogP contribution in [0.4, 0.5) is 0 Å². The second kappa shape index (κ2) is 7.39. The number of hydrogen-bond donors (Lipinski definition) is 0. The Morgan fingerprint density at radius 2 is 1.45 bits per heavy atom. The molecule has 0 N–H and O–H groups in total. The van der Waals surface area contributed by atoms with Crippen LogP contribution in [0.1, 0.15) is 46.6 Å². The largest absolute Gasteiger partial charge is 0.376 e. The molecular weight excluding hydrogens is 284 g/mol. The lowest BCUT2D eigenvalue weighted by atomic mass is 10.2. The predicted octanol–water partition coefficient (Wildman–Crippen LogP) is 5.23. The van der Waals surface area contributed by atoms with Gasteiger partial charge in [0, 0.05) is 16.4 Å². The molecule has 20 heavy (non-hydrogen) atoms. The summed E-state index contributed by atoms with van der Waals surface area (Å²) in [7, 11) is 0. The van der Waals surface area contributed by atoms with E-state index in [1.807, 2.05) is 22.7 Å². The Balaban J connectivity index is 0.000000121. The minimum Gasteiger partial charge on any atom is -0.376 e. The summed E-state index contributed by atoms with van der Waals surface area (Å²) in [5.41, 5.74) is 3.13. The number of hydrogen-bond acceptors (Lipinski definition) is 3. The van der Waals surface area contributed by atoms with Crippen LogP contribution in [-0.4, -0.2) is 6.61 Å². The number of aryl methyl sites for hydroxylation is 3. The van der Waals surface area contributed by atoms with E-state index in [0.29, 0.717) is 0 Å². The maximum absolute atomic E-state index is 5.39. The molecule has 1 nitrogen and oxygen atoms in total. The Kier molecular flexibility index (Phi) is 5.29. The second-order valence-electron chi connectivity index (χ2n) is 5.45. The molecule has 0 spiro atoms. The van der Waals surface area contributed by atoms with Gasteiger partial charge < -0.3 is 4.74 Å². The molecule has 0 saturated carbocycles. The van der Waals surface area contributed by atoms with Crippen LogP contribution in [0, 0.1) is 0 Å². The molecule has 1 aliphatic carbocycles. The molecule has 3 heterocycles. The van der Waals surface area contributed by atoms with Crippen molar-refractivity contribution in [1.82, 2.24) is 0 Å². The molecule has 0 atom stereocenters. The zero-order chi connectivity index (χ0) is 13.6. The van der Waals surface area contributed by atoms with Crippen LogP contribution >= 0.6 is 22.7 Å². The summed E-state index contributed by atoms with van der Waals surface area (Å²) in [5, 5.41) is 4.38. The summed E-state index contributed by atoms with van der Waals surface area (Å²) in [6.45, 7) is 1.77. The number of thiophene rings is 2. The first-order chi connectivity index (χ1) is 9.93. The average Bonchev–Trinajstić information content (AvgIpc) is 2.98. The third-order valence-corrected chi connectivity index (χ3v) is 5.95. The van der Waals surface area contributed by atoms with Gasteiger partial charge in [0.15, 0.2) is 0 Å². The molecule has 2 aliphatic rings. The standard InChI is InChI=1S/C9H12S.C8H10OS/c1-2-4-8-6-7-10-9(8)5-3-1;1-2-7-3-5-10-8(7)6-9-4-1/h6-7H,1-5H2;3,5H,1-2,4,6H2. The summed E-state index contributed by atoms with van der Waals surface area (Å²) < 4.78 is 5.39. The molecule has 0 amide bonds. The molecule has 0 bridgehead atoms. The lowest BCUT2D eigenvalue weighted by Crippen LogP contribution is -1.88. The molecule has 0 unspecified atom stereocenters. The first-order valence-electron chi connectivity index (χ1n) is 7.62. The Morgan fingerprint density at radius 3 is 2.35 bits per heavy atom. The monoisotopic (exact) mass is 306 g/mol. The number of rotatable bonds is 0. The van der Waals surface area contributed by atoms with Crippen LogP contribution < -0.4 is 0 Å². The highest BCUT2D eigenvalue weighted by atomic mass is 32.1. The van der Waals surface area contributed by atoms with E-state index in [2.05, 4.69) is 22.9 Å². The fourth-order valence-electron chi connectivity index (χ4n) is 2.83. The number of fused-ring (bicyclic) bond motifs is 2. The van der Waals surface area contributed by atoms with Gasteiger partial charge in [-0.3, -0.25) is 0 Å². The van der Waals surface area contributed by atoms with Crippen LogP contribution in [0.5, 0.6) is 0 Å². The minimum atomic E-state index is 0.840. The summed E-state index contributed by atoms with van der Waals surface area (Å²) in [4.78, 5) is 3.08. The third-order valence-electron chi connectivity index (χ3n) is 3.99. The van der Waals surface area contributed by atoms with E-state index in [1.54, 1.807) is 10.4 Å². The van der Waals surface area contributed by atoms with Gasteiger partial charge in [0.25, 0.3) is 0 Å². The fourth-order valence-corrected chi connectivity index (χ4v) is 4.68. The van der Waals surface area contributed by atoms with Crippen molar-refractivity contribution < 1.29 is 4.74 Å². The highest BCUT2D eigenvalue weighted by molar-refractivity contribution is 7.10. The van der Waals surface area contributed by atoms with Crippen molar-refractivity contribution in [2.45, 2.75) is 51.6 Å². The van der Waals surface area contributed by atoms with Gasteiger partial charge in [0.05, 0.1) is 6.61 Å². The average molecular weight is 306 g/mol. The third kappa shape index (κ3) is 3.72. The van der Waals surface area contributed by atoms with Gasteiger partial charge in [-0.15, -0.1) is 22.7 Å². The number of ether oxygens (including phenoxy) is 1. The lowest BCUT2D eigenvalue weighted by Gasteiger charge is -1.94. The molecule has 1 aliphatic heterocycles. The Morgan fingerprint density at radius 1 is 0.750 bits per heavy atom. The van der Waals surface area contributed by atoms with Gasteiger partial charge in [-0.25, -0.2) is 0 Å². The molecule has 0 aromatic carbocycles. The van der Waals surface area contributed by atoms with Crippen molar-refractivity contribution >= 4 is 22.7 Å². The second-order valence-corrected chi connectivity index (χ2v) is 7.46. The van der Waals surface area contributed by atoms with Crippen LogP contribution in [-0.2, 0) is 30.6 Å². The van der Waals surface area contributed by atoms with E-state index >= 15 is 0 Å². The summed E-state index contributed by atoms with van der Waals surface area (Å²) in [6.07, 6.45) is 9.31. The van der Waals surface area contributed by atoms with Crippen molar-refractivity contribution in [3.05, 3.63) is 43.8 Å². The minimum absolute atomic E-state index is 0.840. The van der Waals surface area contributed by atoms with Gasteiger partial charge in [0.2, 0.25) is 0 Å². The SMILES string of the molecule is c1cc2c(s1)CCCCC2.c1cc2c(s1)COCCC2. The molecule has 0 fully saturated rings. The van der Waals surface area contributed by atoms with Gasteiger partial charge >= 0.3 is 0 Å². The molecule has 3 heteroatoms. The van der Waals surface area contributed by atoms with Gasteiger partial charge in [-0.05, 0) is 72.5 Å². The molecule has 0 radical (unpaired) electrons. The summed E-state index contributed by atoms with van der Waals surface area (Å²) in [6, 6.07) is 4.51. The zero-order valence-corrected chi connectivity index (χ0v) is 13.5. The maximum atomic E-state index is 5.39. The van der Waals surface area contributed by atoms with E-state index in [0.717, 1.165) is 13.2 Å². The van der Waals surface area contributed by atoms with Crippen LogP contribution in [0.15, 0.2) is 22.9 Å². The molecular formula is C17H22OS2. The van der Waals surface area contributed by atoms with Crippen molar-refractivity contribution in [3.63, 3.8) is 0 Å². The van der Waals surface area contributed by atoms with E-state index < -0.39 is 0 Å². The molecule has 0 saturated heterocycles. The molecule has 4 rings (SSSR count). The van der Waals surface area contributed by atoms with E-state index in [9.17, 15) is 0 Å². The quantitative estimate of drug-likeness (QED) is 0.606. The molecule has 108 valence electrons. The van der Waals surface area contributed by atoms with Crippen LogP contribution in [0.25, 0.3) is 0 Å². The van der Waals surface area contributed by atoms with Crippen molar-refractivity contribution in [2.24, 2.45) is 0 Å². The summed E-state index contributed by atoms with van der Waals surface area (Å²) >= 11 is 3.75. The fraction of sp³-hybridized carbons (Fsp3) is 0.529. The predicted molar refractivity (Wildman–Crippen MR) is 87.9 cm³/mol. The normalized spacial score (nSPS) is 18.0. The zero-order valence-electron chi connectivity index (χ0n) is 11.9. The smallest absolute Gasteiger partial charge is 0.0812 e. The lowest BCUT2D eigenvalue weighted by molar-refractivity contribution is 0.127.